The van der Waals surface area contributed by atoms with Crippen molar-refractivity contribution in [3.63, 3.8) is 0 Å². The van der Waals surface area contributed by atoms with Crippen molar-refractivity contribution < 1.29 is 18.7 Å². The molecule has 3 unspecified atom stereocenters. The Balaban J connectivity index is 1.01. The van der Waals surface area contributed by atoms with E-state index in [9.17, 15) is 9.18 Å². The van der Waals surface area contributed by atoms with E-state index in [1.54, 1.807) is 12.1 Å². The van der Waals surface area contributed by atoms with E-state index in [0.717, 1.165) is 43.6 Å². The highest BCUT2D eigenvalue weighted by atomic mass is 19.1. The number of ether oxygens (including phenoxy) is 2. The van der Waals surface area contributed by atoms with Crippen molar-refractivity contribution in [2.45, 2.75) is 110 Å². The second kappa shape index (κ2) is 9.69. The van der Waals surface area contributed by atoms with Gasteiger partial charge in [0.25, 0.3) is 0 Å². The highest BCUT2D eigenvalue weighted by Gasteiger charge is 2.69. The van der Waals surface area contributed by atoms with E-state index in [1.807, 2.05) is 0 Å². The second-order valence-corrected chi connectivity index (χ2v) is 15.3. The Morgan fingerprint density at radius 1 is 0.925 bits per heavy atom. The molecule has 5 nitrogen and oxygen atoms in total. The maximum atomic E-state index is 13.2. The SMILES string of the molecule is C[C@H]1CC[C@@]2(OC1)OC1CC3[C@@H]4CC[C@@H]5C[C@H](NC(=O)Nc6ccc(F)cc6)CC[C@]5(C)[C@H]4CC[C@]3(C)C1[C@@H]2C. The quantitative estimate of drug-likeness (QED) is 0.394. The van der Waals surface area contributed by atoms with Gasteiger partial charge in [0.2, 0.25) is 0 Å². The van der Waals surface area contributed by atoms with Gasteiger partial charge in [-0.1, -0.05) is 27.7 Å². The van der Waals surface area contributed by atoms with Crippen LogP contribution in [0.4, 0.5) is 14.9 Å². The van der Waals surface area contributed by atoms with Crippen molar-refractivity contribution in [2.75, 3.05) is 11.9 Å². The monoisotopic (exact) mass is 552 g/mol. The molecular formula is C34H49FN2O3. The van der Waals surface area contributed by atoms with Crippen LogP contribution in [0.5, 0.6) is 0 Å². The van der Waals surface area contributed by atoms with Crippen LogP contribution in [-0.2, 0) is 9.47 Å². The molecule has 12 atom stereocenters. The van der Waals surface area contributed by atoms with Gasteiger partial charge in [0.05, 0.1) is 12.7 Å². The molecule has 4 saturated carbocycles. The van der Waals surface area contributed by atoms with Crippen LogP contribution in [0.25, 0.3) is 0 Å². The number of fused-ring (bicyclic) bond motifs is 7. The van der Waals surface area contributed by atoms with Gasteiger partial charge in [-0.2, -0.15) is 0 Å². The first-order valence-corrected chi connectivity index (χ1v) is 16.3. The number of anilines is 1. The number of benzene rings is 1. The second-order valence-electron chi connectivity index (χ2n) is 15.3. The third kappa shape index (κ3) is 4.17. The fourth-order valence-corrected chi connectivity index (χ4v) is 11.3. The van der Waals surface area contributed by atoms with E-state index in [2.05, 4.69) is 38.3 Å². The molecule has 1 spiro atoms. The standard InChI is InChI=1S/C34H49FN2O3/c1-20-11-16-34(39-19-20)21(2)30-29(40-34)18-28-26-10-5-22-17-25(37-31(38)36-24-8-6-23(35)7-9-24)12-14-32(22,3)27(26)13-15-33(28,30)4/h6-9,20-22,25-30H,5,10-19H2,1-4H3,(H2,36,37,38)/t20-,21-,22+,25+,26+,27-,28?,29?,30?,32-,33-,34+/m0/s1. The summed E-state index contributed by atoms with van der Waals surface area (Å²) in [4.78, 5) is 12.7. The zero-order valence-corrected chi connectivity index (χ0v) is 24.9. The molecule has 1 aromatic carbocycles. The largest absolute Gasteiger partial charge is 0.349 e. The van der Waals surface area contributed by atoms with Crippen molar-refractivity contribution in [3.05, 3.63) is 30.1 Å². The number of amides is 2. The molecule has 220 valence electrons. The van der Waals surface area contributed by atoms with Crippen LogP contribution in [0.15, 0.2) is 24.3 Å². The molecule has 0 radical (unpaired) electrons. The number of carbonyl (C=O) groups excluding carboxylic acids is 1. The molecule has 0 aromatic heterocycles. The van der Waals surface area contributed by atoms with E-state index in [-0.39, 0.29) is 23.7 Å². The van der Waals surface area contributed by atoms with Crippen molar-refractivity contribution in [3.8, 4) is 0 Å². The van der Waals surface area contributed by atoms with Crippen molar-refractivity contribution in [1.82, 2.24) is 5.32 Å². The van der Waals surface area contributed by atoms with Gasteiger partial charge in [-0.25, -0.2) is 9.18 Å². The maximum Gasteiger partial charge on any atom is 0.319 e. The van der Waals surface area contributed by atoms with Crippen molar-refractivity contribution in [2.24, 2.45) is 52.3 Å². The van der Waals surface area contributed by atoms with E-state index in [0.29, 0.717) is 46.3 Å². The topological polar surface area (TPSA) is 59.6 Å². The number of urea groups is 1. The van der Waals surface area contributed by atoms with Crippen LogP contribution in [0.1, 0.15) is 91.9 Å². The lowest BCUT2D eigenvalue weighted by atomic mass is 9.44. The Bertz CT molecular complexity index is 1120. The van der Waals surface area contributed by atoms with E-state index in [4.69, 9.17) is 9.47 Å². The molecule has 2 aliphatic heterocycles. The zero-order valence-electron chi connectivity index (χ0n) is 24.9. The summed E-state index contributed by atoms with van der Waals surface area (Å²) in [6, 6.07) is 6.00. The van der Waals surface area contributed by atoms with Crippen LogP contribution in [0.3, 0.4) is 0 Å². The molecular weight excluding hydrogens is 503 g/mol. The van der Waals surface area contributed by atoms with Crippen LogP contribution in [0.2, 0.25) is 0 Å². The third-order valence-corrected chi connectivity index (χ3v) is 13.4. The molecule has 2 heterocycles. The van der Waals surface area contributed by atoms with Gasteiger partial charge in [0.1, 0.15) is 5.82 Å². The first kappa shape index (κ1) is 27.2. The molecule has 7 rings (SSSR count). The molecule has 40 heavy (non-hydrogen) atoms. The van der Waals surface area contributed by atoms with E-state index in [1.165, 1.54) is 57.1 Å². The van der Waals surface area contributed by atoms with E-state index >= 15 is 0 Å². The van der Waals surface area contributed by atoms with Crippen LogP contribution < -0.4 is 10.6 Å². The lowest BCUT2D eigenvalue weighted by Gasteiger charge is -2.61. The average molecular weight is 553 g/mol. The molecule has 6 fully saturated rings. The number of rotatable bonds is 2. The first-order valence-electron chi connectivity index (χ1n) is 16.3. The van der Waals surface area contributed by atoms with Gasteiger partial charge in [0.15, 0.2) is 5.79 Å². The smallest absolute Gasteiger partial charge is 0.319 e. The maximum absolute atomic E-state index is 13.2. The summed E-state index contributed by atoms with van der Waals surface area (Å²) >= 11 is 0. The van der Waals surface area contributed by atoms with Gasteiger partial charge < -0.3 is 20.1 Å². The minimum absolute atomic E-state index is 0.178. The fraction of sp³-hybridized carbons (Fsp3) is 0.794. The van der Waals surface area contributed by atoms with Gasteiger partial charge in [-0.05, 0) is 128 Å². The minimum atomic E-state index is -0.329. The van der Waals surface area contributed by atoms with Crippen molar-refractivity contribution >= 4 is 11.7 Å². The predicted octanol–water partition coefficient (Wildman–Crippen LogP) is 7.76. The van der Waals surface area contributed by atoms with Crippen LogP contribution in [-0.4, -0.2) is 30.6 Å². The molecule has 6 aliphatic rings. The number of hydrogen-bond donors (Lipinski definition) is 2. The molecule has 6 heteroatoms. The summed E-state index contributed by atoms with van der Waals surface area (Å²) in [5, 5.41) is 6.12. The number of halogens is 1. The Kier molecular flexibility index (Phi) is 6.59. The van der Waals surface area contributed by atoms with Crippen LogP contribution in [0, 0.1) is 58.1 Å². The number of carbonyl (C=O) groups is 1. The Morgan fingerprint density at radius 2 is 1.70 bits per heavy atom. The first-order chi connectivity index (χ1) is 19.1. The summed E-state index contributed by atoms with van der Waals surface area (Å²) < 4.78 is 26.7. The molecule has 4 aliphatic carbocycles. The summed E-state index contributed by atoms with van der Waals surface area (Å²) in [7, 11) is 0. The number of hydrogen-bond acceptors (Lipinski definition) is 3. The van der Waals surface area contributed by atoms with Gasteiger partial charge >= 0.3 is 6.03 Å². The van der Waals surface area contributed by atoms with Crippen LogP contribution >= 0.6 is 0 Å². The molecule has 2 saturated heterocycles. The van der Waals surface area contributed by atoms with Gasteiger partial charge in [0, 0.05) is 24.1 Å². The lowest BCUT2D eigenvalue weighted by molar-refractivity contribution is -0.273. The lowest BCUT2D eigenvalue weighted by Crippen LogP contribution is -2.56. The normalized spacial score (nSPS) is 49.5. The summed E-state index contributed by atoms with van der Waals surface area (Å²) in [5.74, 6) is 4.14. The average Bonchev–Trinajstić information content (AvgIpc) is 3.37. The Hall–Kier alpha value is -1.66. The van der Waals surface area contributed by atoms with Crippen molar-refractivity contribution in [1.29, 1.82) is 0 Å². The summed E-state index contributed by atoms with van der Waals surface area (Å²) in [5.41, 5.74) is 1.35. The third-order valence-electron chi connectivity index (χ3n) is 13.4. The van der Waals surface area contributed by atoms with Gasteiger partial charge in [-0.15, -0.1) is 0 Å². The molecule has 2 N–H and O–H groups in total. The minimum Gasteiger partial charge on any atom is -0.349 e. The number of nitrogens with one attached hydrogen (secondary N) is 2. The highest BCUT2D eigenvalue weighted by Crippen LogP contribution is 2.71. The molecule has 2 amide bonds. The molecule has 0 bridgehead atoms. The van der Waals surface area contributed by atoms with Gasteiger partial charge in [-0.3, -0.25) is 0 Å². The Labute approximate surface area is 239 Å². The highest BCUT2D eigenvalue weighted by molar-refractivity contribution is 5.89. The summed E-state index contributed by atoms with van der Waals surface area (Å²) in [6.07, 6.45) is 12.4. The predicted molar refractivity (Wildman–Crippen MR) is 154 cm³/mol. The summed E-state index contributed by atoms with van der Waals surface area (Å²) in [6.45, 7) is 10.8. The fourth-order valence-electron chi connectivity index (χ4n) is 11.3. The zero-order chi connectivity index (χ0) is 27.9. The van der Waals surface area contributed by atoms with E-state index < -0.39 is 0 Å². The Morgan fingerprint density at radius 3 is 2.45 bits per heavy atom. The molecule has 1 aromatic rings.